The fourth-order valence-electron chi connectivity index (χ4n) is 1.65. The van der Waals surface area contributed by atoms with Gasteiger partial charge in [0, 0.05) is 6.07 Å². The molecule has 19 heavy (non-hydrogen) atoms. The first kappa shape index (κ1) is 13.4. The molecule has 0 saturated carbocycles. The number of nitrogens with zero attached hydrogens (tertiary/aromatic N) is 4. The summed E-state index contributed by atoms with van der Waals surface area (Å²) in [6, 6.07) is 1.95. The Morgan fingerprint density at radius 1 is 1.26 bits per heavy atom. The molecule has 2 rings (SSSR count). The van der Waals surface area contributed by atoms with Gasteiger partial charge in [-0.1, -0.05) is 6.92 Å². The number of hydrogen-bond donors (Lipinski definition) is 1. The Bertz CT molecular complexity index is 606. The van der Waals surface area contributed by atoms with E-state index in [1.807, 2.05) is 20.8 Å². The Balaban J connectivity index is 2.61. The molecule has 0 spiro atoms. The van der Waals surface area contributed by atoms with Crippen LogP contribution >= 0.6 is 0 Å². The van der Waals surface area contributed by atoms with Crippen molar-refractivity contribution < 1.29 is 8.78 Å². The Hall–Kier alpha value is -2.05. The lowest BCUT2D eigenvalue weighted by Gasteiger charge is -2.24. The molecule has 0 fully saturated rings. The van der Waals surface area contributed by atoms with Crippen molar-refractivity contribution in [3.8, 4) is 11.4 Å². The van der Waals surface area contributed by atoms with Crippen LogP contribution in [-0.4, -0.2) is 20.2 Å². The minimum Gasteiger partial charge on any atom is -0.396 e. The average molecular weight is 267 g/mol. The first-order valence-corrected chi connectivity index (χ1v) is 5.90. The number of halogens is 2. The fraction of sp³-hybridized carbons (Fsp3) is 0.417. The minimum atomic E-state index is -0.796. The Kier molecular flexibility index (Phi) is 3.21. The third kappa shape index (κ3) is 2.27. The van der Waals surface area contributed by atoms with E-state index in [1.54, 1.807) is 0 Å². The van der Waals surface area contributed by atoms with Crippen molar-refractivity contribution >= 4 is 5.69 Å². The van der Waals surface area contributed by atoms with E-state index in [-0.39, 0.29) is 22.6 Å². The first-order valence-electron chi connectivity index (χ1n) is 5.90. The number of nitrogen functional groups attached to an aromatic ring is 1. The summed E-state index contributed by atoms with van der Waals surface area (Å²) in [5.41, 5.74) is 5.04. The van der Waals surface area contributed by atoms with Gasteiger partial charge in [0.1, 0.15) is 11.6 Å². The van der Waals surface area contributed by atoms with Crippen molar-refractivity contribution in [1.82, 2.24) is 20.2 Å². The van der Waals surface area contributed by atoms with Crippen molar-refractivity contribution in [1.29, 1.82) is 0 Å². The van der Waals surface area contributed by atoms with Crippen LogP contribution in [0, 0.1) is 11.6 Å². The topological polar surface area (TPSA) is 69.6 Å². The lowest BCUT2D eigenvalue weighted by Crippen LogP contribution is -2.27. The Morgan fingerprint density at radius 3 is 2.58 bits per heavy atom. The molecule has 1 aromatic heterocycles. The standard InChI is InChI=1S/C12H15F2N5/c1-4-12(2,3)19-11(16-17-18-19)7-5-10(15)9(14)6-8(7)13/h5-6H,4,15H2,1-3H3. The highest BCUT2D eigenvalue weighted by molar-refractivity contribution is 5.62. The summed E-state index contributed by atoms with van der Waals surface area (Å²) in [6.45, 7) is 5.83. The van der Waals surface area contributed by atoms with E-state index in [0.717, 1.165) is 12.5 Å². The maximum absolute atomic E-state index is 13.9. The number of aromatic nitrogens is 4. The summed E-state index contributed by atoms with van der Waals surface area (Å²) in [4.78, 5) is 0. The number of rotatable bonds is 3. The van der Waals surface area contributed by atoms with Gasteiger partial charge in [-0.25, -0.2) is 13.5 Å². The van der Waals surface area contributed by atoms with Crippen molar-refractivity contribution in [2.45, 2.75) is 32.7 Å². The zero-order valence-electron chi connectivity index (χ0n) is 11.0. The predicted octanol–water partition coefficient (Wildman–Crippen LogP) is 2.35. The van der Waals surface area contributed by atoms with Crippen LogP contribution in [0.25, 0.3) is 11.4 Å². The minimum absolute atomic E-state index is 0.0884. The number of tetrazole rings is 1. The summed E-state index contributed by atoms with van der Waals surface area (Å²) < 4.78 is 28.6. The Labute approximate surface area is 109 Å². The normalized spacial score (nSPS) is 11.8. The molecule has 0 atom stereocenters. The molecular weight excluding hydrogens is 252 g/mol. The SMILES string of the molecule is CCC(C)(C)n1nnnc1-c1cc(N)c(F)cc1F. The van der Waals surface area contributed by atoms with E-state index in [1.165, 1.54) is 10.7 Å². The van der Waals surface area contributed by atoms with Gasteiger partial charge in [-0.05, 0) is 36.8 Å². The smallest absolute Gasteiger partial charge is 0.185 e. The van der Waals surface area contributed by atoms with E-state index in [9.17, 15) is 8.78 Å². The van der Waals surface area contributed by atoms with Crippen LogP contribution in [0.1, 0.15) is 27.2 Å². The quantitative estimate of drug-likeness (QED) is 0.867. The second-order valence-corrected chi connectivity index (χ2v) is 4.93. The molecule has 0 radical (unpaired) electrons. The molecule has 7 heteroatoms. The second kappa shape index (κ2) is 4.56. The van der Waals surface area contributed by atoms with Gasteiger partial charge in [-0.15, -0.1) is 5.10 Å². The molecule has 0 aliphatic rings. The molecule has 5 nitrogen and oxygen atoms in total. The summed E-state index contributed by atoms with van der Waals surface area (Å²) in [5, 5.41) is 11.3. The van der Waals surface area contributed by atoms with Crippen LogP contribution in [0.5, 0.6) is 0 Å². The molecule has 0 saturated heterocycles. The first-order chi connectivity index (χ1) is 8.86. The van der Waals surface area contributed by atoms with Gasteiger partial charge in [0.05, 0.1) is 16.8 Å². The second-order valence-electron chi connectivity index (χ2n) is 4.93. The average Bonchev–Trinajstić information content (AvgIpc) is 2.83. The number of hydrogen-bond acceptors (Lipinski definition) is 4. The lowest BCUT2D eigenvalue weighted by atomic mass is 10.0. The third-order valence-corrected chi connectivity index (χ3v) is 3.24. The van der Waals surface area contributed by atoms with E-state index < -0.39 is 11.6 Å². The molecule has 1 heterocycles. The summed E-state index contributed by atoms with van der Waals surface area (Å²) >= 11 is 0. The highest BCUT2D eigenvalue weighted by Crippen LogP contribution is 2.29. The van der Waals surface area contributed by atoms with Crippen molar-refractivity contribution in [3.05, 3.63) is 23.8 Å². The van der Waals surface area contributed by atoms with Gasteiger partial charge in [-0.2, -0.15) is 0 Å². The highest BCUT2D eigenvalue weighted by Gasteiger charge is 2.26. The molecular formula is C12H15F2N5. The molecule has 2 aromatic rings. The summed E-state index contributed by atoms with van der Waals surface area (Å²) in [6.07, 6.45) is 0.753. The van der Waals surface area contributed by atoms with Gasteiger partial charge in [-0.3, -0.25) is 0 Å². The van der Waals surface area contributed by atoms with Gasteiger partial charge >= 0.3 is 0 Å². The molecule has 102 valence electrons. The number of benzene rings is 1. The molecule has 0 bridgehead atoms. The van der Waals surface area contributed by atoms with Crippen LogP contribution in [0.2, 0.25) is 0 Å². The monoisotopic (exact) mass is 267 g/mol. The van der Waals surface area contributed by atoms with Gasteiger partial charge in [0.25, 0.3) is 0 Å². The van der Waals surface area contributed by atoms with Crippen molar-refractivity contribution in [3.63, 3.8) is 0 Å². The van der Waals surface area contributed by atoms with Crippen LogP contribution in [0.3, 0.4) is 0 Å². The number of anilines is 1. The largest absolute Gasteiger partial charge is 0.396 e. The molecule has 0 amide bonds. The maximum Gasteiger partial charge on any atom is 0.185 e. The van der Waals surface area contributed by atoms with E-state index >= 15 is 0 Å². The lowest BCUT2D eigenvalue weighted by molar-refractivity contribution is 0.304. The van der Waals surface area contributed by atoms with Crippen LogP contribution in [0.4, 0.5) is 14.5 Å². The number of nitrogens with two attached hydrogens (primary N) is 1. The highest BCUT2D eigenvalue weighted by atomic mass is 19.1. The zero-order chi connectivity index (χ0) is 14.2. The molecule has 0 aliphatic heterocycles. The molecule has 0 aliphatic carbocycles. The summed E-state index contributed by atoms with van der Waals surface area (Å²) in [5.74, 6) is -1.30. The molecule has 0 unspecified atom stereocenters. The molecule has 1 aromatic carbocycles. The predicted molar refractivity (Wildman–Crippen MR) is 67.2 cm³/mol. The van der Waals surface area contributed by atoms with E-state index in [4.69, 9.17) is 5.73 Å². The summed E-state index contributed by atoms with van der Waals surface area (Å²) in [7, 11) is 0. The fourth-order valence-corrected chi connectivity index (χ4v) is 1.65. The van der Waals surface area contributed by atoms with Crippen molar-refractivity contribution in [2.24, 2.45) is 0 Å². The van der Waals surface area contributed by atoms with Gasteiger partial charge in [0.15, 0.2) is 5.82 Å². The third-order valence-electron chi connectivity index (χ3n) is 3.24. The van der Waals surface area contributed by atoms with Crippen molar-refractivity contribution in [2.75, 3.05) is 5.73 Å². The maximum atomic E-state index is 13.9. The van der Waals surface area contributed by atoms with Gasteiger partial charge < -0.3 is 5.73 Å². The zero-order valence-corrected chi connectivity index (χ0v) is 11.0. The van der Waals surface area contributed by atoms with Crippen LogP contribution < -0.4 is 5.73 Å². The van der Waals surface area contributed by atoms with E-state index in [2.05, 4.69) is 15.5 Å². The Morgan fingerprint density at radius 2 is 1.95 bits per heavy atom. The van der Waals surface area contributed by atoms with E-state index in [0.29, 0.717) is 0 Å². The molecule has 2 N–H and O–H groups in total. The van der Waals surface area contributed by atoms with Crippen LogP contribution in [0.15, 0.2) is 12.1 Å². The van der Waals surface area contributed by atoms with Crippen LogP contribution in [-0.2, 0) is 5.54 Å². The van der Waals surface area contributed by atoms with Gasteiger partial charge in [0.2, 0.25) is 0 Å².